The van der Waals surface area contributed by atoms with E-state index in [0.29, 0.717) is 6.61 Å². The van der Waals surface area contributed by atoms with Gasteiger partial charge in [-0.25, -0.2) is 0 Å². The fourth-order valence-electron chi connectivity index (χ4n) is 2.78. The van der Waals surface area contributed by atoms with Crippen LogP contribution in [0.5, 0.6) is 5.75 Å². The van der Waals surface area contributed by atoms with Crippen LogP contribution in [0.2, 0.25) is 0 Å². The second-order valence-corrected chi connectivity index (χ2v) is 6.50. The SMILES string of the molecule is CC(=O)/C(C)=C(\C)c1ccc(OCc2ccc(C)cc2C)cc1C. The number of hydrogen-bond donors (Lipinski definition) is 0. The third-order valence-electron chi connectivity index (χ3n) is 4.58. The van der Waals surface area contributed by atoms with Gasteiger partial charge in [-0.1, -0.05) is 29.8 Å². The van der Waals surface area contributed by atoms with Gasteiger partial charge < -0.3 is 4.74 Å². The molecule has 0 bridgehead atoms. The summed E-state index contributed by atoms with van der Waals surface area (Å²) in [4.78, 5) is 11.6. The highest BCUT2D eigenvalue weighted by molar-refractivity contribution is 6.00. The Hall–Kier alpha value is -2.35. The topological polar surface area (TPSA) is 26.3 Å². The number of Topliss-reactive ketones (excluding diaryl/α,β-unsaturated/α-hetero) is 1. The normalized spacial score (nSPS) is 11.9. The summed E-state index contributed by atoms with van der Waals surface area (Å²) in [5, 5.41) is 0. The molecule has 0 N–H and O–H groups in total. The number of rotatable bonds is 5. The lowest BCUT2D eigenvalue weighted by Crippen LogP contribution is -2.00. The van der Waals surface area contributed by atoms with E-state index in [1.54, 1.807) is 6.92 Å². The van der Waals surface area contributed by atoms with Crippen molar-refractivity contribution in [3.05, 3.63) is 69.8 Å². The van der Waals surface area contributed by atoms with Crippen molar-refractivity contribution in [3.63, 3.8) is 0 Å². The highest BCUT2D eigenvalue weighted by Crippen LogP contribution is 2.26. The predicted molar refractivity (Wildman–Crippen MR) is 100 cm³/mol. The van der Waals surface area contributed by atoms with Crippen molar-refractivity contribution < 1.29 is 9.53 Å². The van der Waals surface area contributed by atoms with E-state index in [1.165, 1.54) is 16.7 Å². The quantitative estimate of drug-likeness (QED) is 0.672. The maximum absolute atomic E-state index is 11.6. The third-order valence-corrected chi connectivity index (χ3v) is 4.58. The lowest BCUT2D eigenvalue weighted by atomic mass is 9.96. The van der Waals surface area contributed by atoms with Crippen molar-refractivity contribution in [1.29, 1.82) is 0 Å². The summed E-state index contributed by atoms with van der Waals surface area (Å²) < 4.78 is 5.95. The molecule has 0 aliphatic carbocycles. The molecule has 0 radical (unpaired) electrons. The Morgan fingerprint density at radius 3 is 2.21 bits per heavy atom. The standard InChI is InChI=1S/C22H26O2/c1-14-7-8-20(15(2)11-14)13-24-21-9-10-22(16(3)12-21)18(5)17(4)19(6)23/h7-12H,13H2,1-6H3/b18-17+. The van der Waals surface area contributed by atoms with E-state index >= 15 is 0 Å². The molecule has 2 aromatic rings. The summed E-state index contributed by atoms with van der Waals surface area (Å²) in [6.07, 6.45) is 0. The second kappa shape index (κ2) is 7.48. The Morgan fingerprint density at radius 2 is 1.62 bits per heavy atom. The molecular formula is C22H26O2. The molecule has 24 heavy (non-hydrogen) atoms. The smallest absolute Gasteiger partial charge is 0.155 e. The van der Waals surface area contributed by atoms with Crippen LogP contribution in [-0.4, -0.2) is 5.78 Å². The molecule has 126 valence electrons. The van der Waals surface area contributed by atoms with Crippen LogP contribution in [0, 0.1) is 20.8 Å². The van der Waals surface area contributed by atoms with Crippen molar-refractivity contribution in [1.82, 2.24) is 0 Å². The summed E-state index contributed by atoms with van der Waals surface area (Å²) in [5.41, 5.74) is 7.76. The number of aryl methyl sites for hydroxylation is 3. The maximum Gasteiger partial charge on any atom is 0.155 e. The Bertz CT molecular complexity index is 798. The molecule has 0 aromatic heterocycles. The highest BCUT2D eigenvalue weighted by Gasteiger charge is 2.09. The number of carbonyl (C=O) groups excluding carboxylic acids is 1. The molecule has 0 heterocycles. The van der Waals surface area contributed by atoms with Gasteiger partial charge in [-0.3, -0.25) is 4.79 Å². The van der Waals surface area contributed by atoms with Gasteiger partial charge in [0.15, 0.2) is 5.78 Å². The minimum absolute atomic E-state index is 0.113. The Labute approximate surface area is 145 Å². The van der Waals surface area contributed by atoms with Crippen LogP contribution in [0.4, 0.5) is 0 Å². The molecule has 2 heteroatoms. The first-order valence-electron chi connectivity index (χ1n) is 8.28. The van der Waals surface area contributed by atoms with Crippen LogP contribution in [0.15, 0.2) is 42.0 Å². The number of ether oxygens (including phenoxy) is 1. The minimum Gasteiger partial charge on any atom is -0.489 e. The van der Waals surface area contributed by atoms with E-state index in [4.69, 9.17) is 4.74 Å². The van der Waals surface area contributed by atoms with Crippen molar-refractivity contribution >= 4 is 11.4 Å². The molecule has 0 aliphatic heterocycles. The van der Waals surface area contributed by atoms with Crippen LogP contribution < -0.4 is 4.74 Å². The first-order valence-corrected chi connectivity index (χ1v) is 8.28. The van der Waals surface area contributed by atoms with Gasteiger partial charge in [0.25, 0.3) is 0 Å². The largest absolute Gasteiger partial charge is 0.489 e. The molecule has 0 saturated heterocycles. The van der Waals surface area contributed by atoms with Gasteiger partial charge in [-0.05, 0) is 87.1 Å². The van der Waals surface area contributed by atoms with Crippen molar-refractivity contribution in [2.24, 2.45) is 0 Å². The van der Waals surface area contributed by atoms with Crippen molar-refractivity contribution in [2.45, 2.75) is 48.1 Å². The first kappa shape index (κ1) is 18.0. The van der Waals surface area contributed by atoms with E-state index in [2.05, 4.69) is 39.0 Å². The van der Waals surface area contributed by atoms with Gasteiger partial charge in [0.05, 0.1) is 0 Å². The fourth-order valence-corrected chi connectivity index (χ4v) is 2.78. The molecule has 0 fully saturated rings. The summed E-state index contributed by atoms with van der Waals surface area (Å²) in [6, 6.07) is 12.5. The molecule has 2 nitrogen and oxygen atoms in total. The number of hydrogen-bond acceptors (Lipinski definition) is 2. The van der Waals surface area contributed by atoms with Crippen LogP contribution in [0.3, 0.4) is 0 Å². The zero-order valence-electron chi connectivity index (χ0n) is 15.5. The van der Waals surface area contributed by atoms with Crippen LogP contribution in [0.1, 0.15) is 48.6 Å². The van der Waals surface area contributed by atoms with Gasteiger partial charge in [-0.15, -0.1) is 0 Å². The Balaban J connectivity index is 2.18. The zero-order valence-corrected chi connectivity index (χ0v) is 15.5. The minimum atomic E-state index is 0.113. The molecule has 2 rings (SSSR count). The van der Waals surface area contributed by atoms with Gasteiger partial charge in [-0.2, -0.15) is 0 Å². The lowest BCUT2D eigenvalue weighted by Gasteiger charge is -2.13. The van der Waals surface area contributed by atoms with Crippen LogP contribution in [0.25, 0.3) is 5.57 Å². The van der Waals surface area contributed by atoms with Gasteiger partial charge in [0, 0.05) is 0 Å². The molecule has 0 aliphatic rings. The van der Waals surface area contributed by atoms with E-state index < -0.39 is 0 Å². The van der Waals surface area contributed by atoms with Crippen LogP contribution >= 0.6 is 0 Å². The highest BCUT2D eigenvalue weighted by atomic mass is 16.5. The average molecular weight is 322 g/mol. The lowest BCUT2D eigenvalue weighted by molar-refractivity contribution is -0.113. The number of benzene rings is 2. The Kier molecular flexibility index (Phi) is 5.61. The molecule has 0 amide bonds. The van der Waals surface area contributed by atoms with E-state index in [9.17, 15) is 4.79 Å². The average Bonchev–Trinajstić information content (AvgIpc) is 2.52. The summed E-state index contributed by atoms with van der Waals surface area (Å²) in [5.74, 6) is 0.964. The monoisotopic (exact) mass is 322 g/mol. The summed E-state index contributed by atoms with van der Waals surface area (Å²) in [7, 11) is 0. The number of carbonyl (C=O) groups is 1. The third kappa shape index (κ3) is 4.14. The van der Waals surface area contributed by atoms with Gasteiger partial charge in [0.1, 0.15) is 12.4 Å². The zero-order chi connectivity index (χ0) is 17.9. The molecule has 0 unspecified atom stereocenters. The molecular weight excluding hydrogens is 296 g/mol. The molecule has 0 spiro atoms. The maximum atomic E-state index is 11.6. The number of allylic oxidation sites excluding steroid dienone is 2. The molecule has 0 saturated carbocycles. The van der Waals surface area contributed by atoms with Crippen LogP contribution in [-0.2, 0) is 11.4 Å². The van der Waals surface area contributed by atoms with Gasteiger partial charge >= 0.3 is 0 Å². The number of ketones is 1. The second-order valence-electron chi connectivity index (χ2n) is 6.50. The van der Waals surface area contributed by atoms with E-state index in [1.807, 2.05) is 32.0 Å². The first-order chi connectivity index (χ1) is 11.3. The van der Waals surface area contributed by atoms with Crippen molar-refractivity contribution in [3.8, 4) is 5.75 Å². The van der Waals surface area contributed by atoms with Gasteiger partial charge in [0.2, 0.25) is 0 Å². The Morgan fingerprint density at radius 1 is 0.917 bits per heavy atom. The van der Waals surface area contributed by atoms with E-state index in [0.717, 1.165) is 28.0 Å². The molecule has 2 aromatic carbocycles. The fraction of sp³-hybridized carbons (Fsp3) is 0.318. The predicted octanol–water partition coefficient (Wildman–Crippen LogP) is 5.57. The van der Waals surface area contributed by atoms with Crippen molar-refractivity contribution in [2.75, 3.05) is 0 Å². The van der Waals surface area contributed by atoms with E-state index in [-0.39, 0.29) is 5.78 Å². The molecule has 0 atom stereocenters. The summed E-state index contributed by atoms with van der Waals surface area (Å²) >= 11 is 0. The summed E-state index contributed by atoms with van der Waals surface area (Å²) in [6.45, 7) is 12.3.